The molecule has 0 spiro atoms. The van der Waals surface area contributed by atoms with Crippen molar-refractivity contribution in [1.82, 2.24) is 10.6 Å². The smallest absolute Gasteiger partial charge is 0.235 e. The zero-order valence-electron chi connectivity index (χ0n) is 7.90. The first-order valence-electron chi connectivity index (χ1n) is 4.51. The molecule has 1 unspecified atom stereocenters. The molecule has 14 heavy (non-hydrogen) atoms. The Morgan fingerprint density at radius 2 is 2.07 bits per heavy atom. The molecule has 0 bridgehead atoms. The fourth-order valence-electron chi connectivity index (χ4n) is 1.08. The zero-order valence-corrected chi connectivity index (χ0v) is 8.72. The van der Waals surface area contributed by atoms with Crippen LogP contribution in [0.3, 0.4) is 0 Å². The van der Waals surface area contributed by atoms with Gasteiger partial charge in [-0.15, -0.1) is 0 Å². The molecule has 5 heteroatoms. The average molecular weight is 213 g/mol. The van der Waals surface area contributed by atoms with Gasteiger partial charge in [0.2, 0.25) is 5.91 Å². The van der Waals surface area contributed by atoms with Gasteiger partial charge in [-0.3, -0.25) is 4.79 Å². The molecule has 0 aliphatic carbocycles. The second-order valence-corrected chi connectivity index (χ2v) is 3.72. The summed E-state index contributed by atoms with van der Waals surface area (Å²) in [5.41, 5.74) is 5.03. The Bertz CT molecular complexity index is 227. The highest BCUT2D eigenvalue weighted by atomic mass is 32.1. The van der Waals surface area contributed by atoms with Crippen molar-refractivity contribution in [2.45, 2.75) is 6.04 Å². The highest BCUT2D eigenvalue weighted by Gasteiger charge is 2.16. The number of nitrogens with one attached hydrogen (secondary N) is 2. The highest BCUT2D eigenvalue weighted by Crippen LogP contribution is 1.91. The van der Waals surface area contributed by atoms with Gasteiger partial charge >= 0.3 is 0 Å². The van der Waals surface area contributed by atoms with Crippen LogP contribution in [0, 0.1) is 0 Å². The molecule has 1 aliphatic heterocycles. The van der Waals surface area contributed by atoms with Crippen LogP contribution in [0.25, 0.3) is 0 Å². The van der Waals surface area contributed by atoms with E-state index < -0.39 is 0 Å². The summed E-state index contributed by atoms with van der Waals surface area (Å²) >= 11 is 1.71. The molecule has 4 nitrogen and oxygen atoms in total. The molecule has 78 valence electrons. The normalized spacial score (nSPS) is 20.7. The van der Waals surface area contributed by atoms with Gasteiger partial charge in [0.05, 0.1) is 6.04 Å². The Morgan fingerprint density at radius 1 is 1.36 bits per heavy atom. The SMILES string of the molecule is NC(=O)C1CNCCN1.c1ccsc1. The Hall–Kier alpha value is -0.910. The number of hydrogen-bond acceptors (Lipinski definition) is 4. The number of nitrogens with two attached hydrogens (primary N) is 1. The number of rotatable bonds is 1. The first-order chi connectivity index (χ1) is 6.80. The van der Waals surface area contributed by atoms with Crippen LogP contribution in [0.2, 0.25) is 0 Å². The predicted octanol–water partition coefficient (Wildman–Crippen LogP) is -0.219. The van der Waals surface area contributed by atoms with Crippen molar-refractivity contribution >= 4 is 17.2 Å². The van der Waals surface area contributed by atoms with Crippen LogP contribution < -0.4 is 16.4 Å². The molecule has 1 fully saturated rings. The van der Waals surface area contributed by atoms with E-state index in [0.29, 0.717) is 6.54 Å². The van der Waals surface area contributed by atoms with Crippen LogP contribution in [0.4, 0.5) is 0 Å². The third-order valence-electron chi connectivity index (χ3n) is 1.81. The topological polar surface area (TPSA) is 67.2 Å². The minimum Gasteiger partial charge on any atom is -0.368 e. The number of primary amides is 1. The lowest BCUT2D eigenvalue weighted by Gasteiger charge is -2.21. The van der Waals surface area contributed by atoms with Crippen molar-refractivity contribution in [1.29, 1.82) is 0 Å². The van der Waals surface area contributed by atoms with Crippen molar-refractivity contribution < 1.29 is 4.79 Å². The molecule has 1 amide bonds. The van der Waals surface area contributed by atoms with Crippen molar-refractivity contribution in [3.63, 3.8) is 0 Å². The van der Waals surface area contributed by atoms with E-state index in [-0.39, 0.29) is 11.9 Å². The lowest BCUT2D eigenvalue weighted by molar-refractivity contribution is -0.120. The van der Waals surface area contributed by atoms with Crippen LogP contribution >= 0.6 is 11.3 Å². The summed E-state index contributed by atoms with van der Waals surface area (Å²) in [6, 6.07) is 3.87. The van der Waals surface area contributed by atoms with Gasteiger partial charge in [-0.2, -0.15) is 11.3 Å². The Labute approximate surface area is 87.5 Å². The fraction of sp³-hybridized carbons (Fsp3) is 0.444. The van der Waals surface area contributed by atoms with Crippen molar-refractivity contribution in [2.75, 3.05) is 19.6 Å². The van der Waals surface area contributed by atoms with E-state index in [1.807, 2.05) is 22.9 Å². The first-order valence-corrected chi connectivity index (χ1v) is 5.45. The Balaban J connectivity index is 0.000000165. The number of piperazine rings is 1. The van der Waals surface area contributed by atoms with E-state index in [1.54, 1.807) is 11.3 Å². The molecule has 2 heterocycles. The number of amides is 1. The summed E-state index contributed by atoms with van der Waals surface area (Å²) in [5, 5.41) is 10.1. The van der Waals surface area contributed by atoms with Crippen molar-refractivity contribution in [3.05, 3.63) is 22.9 Å². The molecule has 0 radical (unpaired) electrons. The van der Waals surface area contributed by atoms with Gasteiger partial charge in [0.1, 0.15) is 0 Å². The largest absolute Gasteiger partial charge is 0.368 e. The minimum atomic E-state index is -0.276. The summed E-state index contributed by atoms with van der Waals surface area (Å²) in [7, 11) is 0. The van der Waals surface area contributed by atoms with Crippen LogP contribution in [-0.4, -0.2) is 31.6 Å². The Morgan fingerprint density at radius 3 is 2.36 bits per heavy atom. The van der Waals surface area contributed by atoms with Gasteiger partial charge < -0.3 is 16.4 Å². The van der Waals surface area contributed by atoms with Gasteiger partial charge in [-0.1, -0.05) is 12.1 Å². The number of carbonyl (C=O) groups excluding carboxylic acids is 1. The summed E-state index contributed by atoms with van der Waals surface area (Å²) in [6.07, 6.45) is 0. The van der Waals surface area contributed by atoms with Crippen molar-refractivity contribution in [3.8, 4) is 0 Å². The molecule has 1 aliphatic rings. The third-order valence-corrected chi connectivity index (χ3v) is 2.44. The van der Waals surface area contributed by atoms with Gasteiger partial charge in [-0.05, 0) is 10.8 Å². The van der Waals surface area contributed by atoms with E-state index in [2.05, 4.69) is 10.6 Å². The summed E-state index contributed by atoms with van der Waals surface area (Å²) in [6.45, 7) is 2.41. The van der Waals surface area contributed by atoms with Gasteiger partial charge in [0.15, 0.2) is 0 Å². The van der Waals surface area contributed by atoms with Crippen LogP contribution in [-0.2, 0) is 4.79 Å². The Kier molecular flexibility index (Phi) is 5.21. The standard InChI is InChI=1S/C5H11N3O.C4H4S/c6-5(9)4-3-7-1-2-8-4;1-2-4-5-3-1/h4,7-8H,1-3H2,(H2,6,9);1-4H. The third kappa shape index (κ3) is 4.36. The van der Waals surface area contributed by atoms with Gasteiger partial charge in [0, 0.05) is 19.6 Å². The monoisotopic (exact) mass is 213 g/mol. The van der Waals surface area contributed by atoms with Crippen LogP contribution in [0.15, 0.2) is 22.9 Å². The number of thiophene rings is 1. The second kappa shape index (κ2) is 6.53. The quantitative estimate of drug-likeness (QED) is 0.604. The molecule has 1 aromatic rings. The van der Waals surface area contributed by atoms with Crippen LogP contribution in [0.5, 0.6) is 0 Å². The number of hydrogen-bond donors (Lipinski definition) is 3. The molecule has 0 saturated carbocycles. The predicted molar refractivity (Wildman–Crippen MR) is 58.2 cm³/mol. The van der Waals surface area contributed by atoms with Gasteiger partial charge in [-0.25, -0.2) is 0 Å². The lowest BCUT2D eigenvalue weighted by atomic mass is 10.2. The molecule has 1 atom stereocenters. The highest BCUT2D eigenvalue weighted by molar-refractivity contribution is 7.07. The van der Waals surface area contributed by atoms with E-state index in [9.17, 15) is 4.79 Å². The fourth-order valence-corrected chi connectivity index (χ4v) is 1.53. The maximum Gasteiger partial charge on any atom is 0.235 e. The zero-order chi connectivity index (χ0) is 10.2. The molecular weight excluding hydrogens is 198 g/mol. The summed E-state index contributed by atoms with van der Waals surface area (Å²) < 4.78 is 0. The van der Waals surface area contributed by atoms with E-state index in [1.165, 1.54) is 0 Å². The summed E-state index contributed by atoms with van der Waals surface area (Å²) in [5.74, 6) is -0.276. The number of carbonyl (C=O) groups is 1. The maximum absolute atomic E-state index is 10.5. The van der Waals surface area contributed by atoms with E-state index in [4.69, 9.17) is 5.73 Å². The van der Waals surface area contributed by atoms with Crippen molar-refractivity contribution in [2.24, 2.45) is 5.73 Å². The van der Waals surface area contributed by atoms with Gasteiger partial charge in [0.25, 0.3) is 0 Å². The van der Waals surface area contributed by atoms with E-state index >= 15 is 0 Å². The van der Waals surface area contributed by atoms with Crippen LogP contribution in [0.1, 0.15) is 0 Å². The minimum absolute atomic E-state index is 0.168. The molecule has 2 rings (SSSR count). The maximum atomic E-state index is 10.5. The second-order valence-electron chi connectivity index (χ2n) is 2.91. The molecule has 4 N–H and O–H groups in total. The molecule has 0 aromatic carbocycles. The van der Waals surface area contributed by atoms with E-state index in [0.717, 1.165) is 13.1 Å². The lowest BCUT2D eigenvalue weighted by Crippen LogP contribution is -2.54. The summed E-state index contributed by atoms with van der Waals surface area (Å²) in [4.78, 5) is 10.5. The average Bonchev–Trinajstić information content (AvgIpc) is 2.77. The molecular formula is C9H15N3OS. The first kappa shape index (κ1) is 11.2. The molecule has 1 aromatic heterocycles. The molecule has 1 saturated heterocycles.